The van der Waals surface area contributed by atoms with Crippen LogP contribution in [0.1, 0.15) is 28.4 Å². The molecule has 0 saturated carbocycles. The van der Waals surface area contributed by atoms with Gasteiger partial charge in [-0.2, -0.15) is 0 Å². The highest BCUT2D eigenvalue weighted by Gasteiger charge is 2.23. The molecule has 5 nitrogen and oxygen atoms in total. The number of halogens is 1. The summed E-state index contributed by atoms with van der Waals surface area (Å²) in [7, 11) is 4.88. The molecule has 0 heterocycles. The number of carbonyl (C=O) groups is 1. The maximum atomic E-state index is 12.8. The van der Waals surface area contributed by atoms with E-state index in [4.69, 9.17) is 21.1 Å². The van der Waals surface area contributed by atoms with E-state index in [0.29, 0.717) is 28.4 Å². The number of carbonyl (C=O) groups excluding carboxylic acids is 1. The lowest BCUT2D eigenvalue weighted by molar-refractivity contribution is 0.104. The van der Waals surface area contributed by atoms with Crippen LogP contribution < -0.4 is 9.47 Å². The molecule has 2 aromatic rings. The number of benzene rings is 2. The van der Waals surface area contributed by atoms with Gasteiger partial charge in [0.25, 0.3) is 0 Å². The lowest BCUT2D eigenvalue weighted by atomic mass is 10.0. The fourth-order valence-electron chi connectivity index (χ4n) is 2.64. The maximum absolute atomic E-state index is 12.8. The fraction of sp³-hybridized carbons (Fsp3) is 0.286. The summed E-state index contributed by atoms with van der Waals surface area (Å²) in [5.41, 5.74) is 1.35. The molecule has 2 rings (SSSR count). The molecule has 0 aliphatic heterocycles. The van der Waals surface area contributed by atoms with E-state index in [9.17, 15) is 9.90 Å². The molecule has 2 aromatic carbocycles. The maximum Gasteiger partial charge on any atom is 0.193 e. The number of ketones is 1. The van der Waals surface area contributed by atoms with E-state index in [1.54, 1.807) is 24.3 Å². The summed E-state index contributed by atoms with van der Waals surface area (Å²) in [6.07, 6.45) is 2.99. The number of methoxy groups -OCH3 is 2. The Kier molecular flexibility index (Phi) is 7.28. The van der Waals surface area contributed by atoms with Crippen LogP contribution >= 0.6 is 11.6 Å². The van der Waals surface area contributed by atoms with E-state index >= 15 is 0 Å². The number of rotatable bonds is 8. The number of allylic oxidation sites excluding steroid dienone is 1. The highest BCUT2D eigenvalue weighted by atomic mass is 35.5. The molecular formula is C21H24ClNO4. The summed E-state index contributed by atoms with van der Waals surface area (Å²) in [6.45, 7) is 3.22. The van der Waals surface area contributed by atoms with Crippen LogP contribution in [0.25, 0.3) is 6.08 Å². The van der Waals surface area contributed by atoms with Gasteiger partial charge in [-0.3, -0.25) is 4.79 Å². The van der Waals surface area contributed by atoms with Crippen LogP contribution in [0.5, 0.6) is 17.2 Å². The zero-order chi connectivity index (χ0) is 20.0. The monoisotopic (exact) mass is 389 g/mol. The molecule has 0 atom stereocenters. The normalized spacial score (nSPS) is 11.2. The van der Waals surface area contributed by atoms with Crippen LogP contribution in [0.2, 0.25) is 5.02 Å². The van der Waals surface area contributed by atoms with Crippen molar-refractivity contribution in [1.29, 1.82) is 0 Å². The number of hydrogen-bond acceptors (Lipinski definition) is 5. The minimum Gasteiger partial charge on any atom is -0.507 e. The molecule has 0 radical (unpaired) electrons. The molecule has 0 unspecified atom stereocenters. The minimum atomic E-state index is -0.382. The van der Waals surface area contributed by atoms with Crippen LogP contribution in [0.15, 0.2) is 36.4 Å². The molecular weight excluding hydrogens is 366 g/mol. The number of hydrogen-bond donors (Lipinski definition) is 1. The summed E-state index contributed by atoms with van der Waals surface area (Å²) in [5, 5.41) is 11.4. The Morgan fingerprint density at radius 1 is 1.22 bits per heavy atom. The molecule has 0 amide bonds. The van der Waals surface area contributed by atoms with Crippen LogP contribution in [-0.4, -0.2) is 43.6 Å². The minimum absolute atomic E-state index is 0.0982. The SMILES string of the molecule is CCN(C)Cc1c(OC)cc(OC)c(C(=O)/C=C/c2ccccc2Cl)c1O. The van der Waals surface area contributed by atoms with Crippen molar-refractivity contribution >= 4 is 23.5 Å². The Morgan fingerprint density at radius 3 is 2.48 bits per heavy atom. The highest BCUT2D eigenvalue weighted by Crippen LogP contribution is 2.39. The van der Waals surface area contributed by atoms with Gasteiger partial charge in [0.05, 0.1) is 19.8 Å². The van der Waals surface area contributed by atoms with E-state index in [-0.39, 0.29) is 22.8 Å². The topological polar surface area (TPSA) is 59.0 Å². The van der Waals surface area contributed by atoms with Crippen LogP contribution in [0, 0.1) is 0 Å². The second kappa shape index (κ2) is 9.44. The fourth-order valence-corrected chi connectivity index (χ4v) is 2.84. The molecule has 0 aromatic heterocycles. The Hall–Kier alpha value is -2.50. The molecule has 0 fully saturated rings. The van der Waals surface area contributed by atoms with Crippen LogP contribution in [0.3, 0.4) is 0 Å². The molecule has 6 heteroatoms. The number of ether oxygens (including phenoxy) is 2. The average molecular weight is 390 g/mol. The third-order valence-corrected chi connectivity index (χ3v) is 4.65. The first-order valence-electron chi connectivity index (χ1n) is 8.55. The second-order valence-corrected chi connectivity index (χ2v) is 6.44. The lowest BCUT2D eigenvalue weighted by Crippen LogP contribution is -2.18. The van der Waals surface area contributed by atoms with Crippen molar-refractivity contribution in [2.45, 2.75) is 13.5 Å². The van der Waals surface area contributed by atoms with Gasteiger partial charge in [-0.25, -0.2) is 0 Å². The number of phenolic OH excluding ortho intramolecular Hbond substituents is 1. The zero-order valence-corrected chi connectivity index (χ0v) is 16.7. The second-order valence-electron chi connectivity index (χ2n) is 6.03. The molecule has 1 N–H and O–H groups in total. The van der Waals surface area contributed by atoms with Gasteiger partial charge in [0.2, 0.25) is 0 Å². The van der Waals surface area contributed by atoms with Crippen molar-refractivity contribution in [2.24, 2.45) is 0 Å². The third-order valence-electron chi connectivity index (χ3n) is 4.30. The van der Waals surface area contributed by atoms with Gasteiger partial charge in [-0.05, 0) is 37.4 Å². The summed E-state index contributed by atoms with van der Waals surface area (Å²) < 4.78 is 10.7. The average Bonchev–Trinajstić information content (AvgIpc) is 2.67. The Bertz CT molecular complexity index is 848. The summed E-state index contributed by atoms with van der Waals surface area (Å²) in [5.74, 6) is 0.199. The van der Waals surface area contributed by atoms with Gasteiger partial charge in [0.1, 0.15) is 22.8 Å². The largest absolute Gasteiger partial charge is 0.507 e. The summed E-state index contributed by atoms with van der Waals surface area (Å²) in [6, 6.07) is 8.82. The van der Waals surface area contributed by atoms with E-state index in [1.807, 2.05) is 31.0 Å². The molecule has 0 spiro atoms. The smallest absolute Gasteiger partial charge is 0.193 e. The van der Waals surface area contributed by atoms with E-state index in [1.165, 1.54) is 20.3 Å². The predicted octanol–water partition coefficient (Wildman–Crippen LogP) is 4.41. The van der Waals surface area contributed by atoms with Crippen molar-refractivity contribution < 1.29 is 19.4 Å². The van der Waals surface area contributed by atoms with Gasteiger partial charge in [-0.1, -0.05) is 36.7 Å². The number of nitrogens with zero attached hydrogens (tertiary/aromatic N) is 1. The Morgan fingerprint density at radius 2 is 1.89 bits per heavy atom. The highest BCUT2D eigenvalue weighted by molar-refractivity contribution is 6.32. The molecule has 0 aliphatic carbocycles. The van der Waals surface area contributed by atoms with Gasteiger partial charge < -0.3 is 19.5 Å². The third kappa shape index (κ3) is 4.81. The molecule has 144 valence electrons. The quantitative estimate of drug-likeness (QED) is 0.535. The number of phenols is 1. The first-order chi connectivity index (χ1) is 12.9. The molecule has 0 saturated heterocycles. The van der Waals surface area contributed by atoms with Crippen molar-refractivity contribution in [2.75, 3.05) is 27.8 Å². The summed E-state index contributed by atoms with van der Waals surface area (Å²) >= 11 is 6.12. The molecule has 0 bridgehead atoms. The standard InChI is InChI=1S/C21H24ClNO4/c1-5-23(2)13-15-18(26-3)12-19(27-4)20(21(15)25)17(24)11-10-14-8-6-7-9-16(14)22/h6-12,25H,5,13H2,1-4H3/b11-10+. The predicted molar refractivity (Wildman–Crippen MR) is 108 cm³/mol. The first kappa shape index (κ1) is 20.8. The van der Waals surface area contributed by atoms with Gasteiger partial charge in [0.15, 0.2) is 5.78 Å². The lowest BCUT2D eigenvalue weighted by Gasteiger charge is -2.20. The van der Waals surface area contributed by atoms with Crippen molar-refractivity contribution in [1.82, 2.24) is 4.90 Å². The van der Waals surface area contributed by atoms with Gasteiger partial charge in [0, 0.05) is 17.6 Å². The number of aromatic hydroxyl groups is 1. The van der Waals surface area contributed by atoms with Crippen LogP contribution in [-0.2, 0) is 6.54 Å². The zero-order valence-electron chi connectivity index (χ0n) is 16.0. The van der Waals surface area contributed by atoms with E-state index in [0.717, 1.165) is 6.54 Å². The first-order valence-corrected chi connectivity index (χ1v) is 8.93. The van der Waals surface area contributed by atoms with E-state index < -0.39 is 0 Å². The Balaban J connectivity index is 2.49. The summed E-state index contributed by atoms with van der Waals surface area (Å²) in [4.78, 5) is 14.8. The van der Waals surface area contributed by atoms with Crippen molar-refractivity contribution in [3.63, 3.8) is 0 Å². The van der Waals surface area contributed by atoms with Crippen molar-refractivity contribution in [3.05, 3.63) is 58.1 Å². The molecule has 27 heavy (non-hydrogen) atoms. The van der Waals surface area contributed by atoms with E-state index in [2.05, 4.69) is 0 Å². The molecule has 0 aliphatic rings. The van der Waals surface area contributed by atoms with Gasteiger partial charge >= 0.3 is 0 Å². The van der Waals surface area contributed by atoms with Gasteiger partial charge in [-0.15, -0.1) is 0 Å². The van der Waals surface area contributed by atoms with Crippen molar-refractivity contribution in [3.8, 4) is 17.2 Å². The Labute approximate surface area is 164 Å². The van der Waals surface area contributed by atoms with Crippen LogP contribution in [0.4, 0.5) is 0 Å².